The van der Waals surface area contributed by atoms with Gasteiger partial charge in [0.2, 0.25) is 0 Å². The van der Waals surface area contributed by atoms with Gasteiger partial charge in [0.25, 0.3) is 0 Å². The number of hydrogen-bond donors (Lipinski definition) is 1. The van der Waals surface area contributed by atoms with Crippen molar-refractivity contribution in [3.8, 4) is 0 Å². The molecule has 2 rings (SSSR count). The van der Waals surface area contributed by atoms with E-state index in [4.69, 9.17) is 11.6 Å². The minimum absolute atomic E-state index is 0.772. The maximum Gasteiger partial charge on any atom is 0.0638 e. The SMILES string of the molecule is Cc1nn(C)cc1CNCc1ccccc1Cl. The average Bonchev–Trinajstić information content (AvgIpc) is 2.60. The molecule has 0 amide bonds. The van der Waals surface area contributed by atoms with Crippen LogP contribution in [-0.4, -0.2) is 9.78 Å². The Morgan fingerprint density at radius 3 is 2.59 bits per heavy atom. The molecule has 1 N–H and O–H groups in total. The number of rotatable bonds is 4. The maximum atomic E-state index is 6.08. The van der Waals surface area contributed by atoms with Crippen LogP contribution in [0.1, 0.15) is 16.8 Å². The lowest BCUT2D eigenvalue weighted by Gasteiger charge is -2.05. The summed E-state index contributed by atoms with van der Waals surface area (Å²) in [5, 5.41) is 8.49. The van der Waals surface area contributed by atoms with Crippen LogP contribution in [0.3, 0.4) is 0 Å². The monoisotopic (exact) mass is 249 g/mol. The third kappa shape index (κ3) is 3.08. The van der Waals surface area contributed by atoms with E-state index in [1.165, 1.54) is 5.56 Å². The molecule has 0 unspecified atom stereocenters. The Morgan fingerprint density at radius 1 is 1.24 bits per heavy atom. The molecule has 4 heteroatoms. The zero-order chi connectivity index (χ0) is 12.3. The van der Waals surface area contributed by atoms with Crippen LogP contribution in [0.5, 0.6) is 0 Å². The minimum Gasteiger partial charge on any atom is -0.308 e. The largest absolute Gasteiger partial charge is 0.308 e. The van der Waals surface area contributed by atoms with Crippen molar-refractivity contribution in [3.05, 3.63) is 52.3 Å². The highest BCUT2D eigenvalue weighted by molar-refractivity contribution is 6.31. The van der Waals surface area contributed by atoms with Gasteiger partial charge in [-0.25, -0.2) is 0 Å². The minimum atomic E-state index is 0.772. The summed E-state index contributed by atoms with van der Waals surface area (Å²) in [7, 11) is 1.94. The van der Waals surface area contributed by atoms with E-state index in [9.17, 15) is 0 Å². The van der Waals surface area contributed by atoms with Gasteiger partial charge in [-0.15, -0.1) is 0 Å². The van der Waals surface area contributed by atoms with Crippen molar-refractivity contribution < 1.29 is 0 Å². The lowest BCUT2D eigenvalue weighted by Crippen LogP contribution is -2.13. The van der Waals surface area contributed by atoms with Crippen LogP contribution in [-0.2, 0) is 20.1 Å². The molecule has 1 aromatic carbocycles. The number of nitrogens with one attached hydrogen (secondary N) is 1. The number of hydrogen-bond acceptors (Lipinski definition) is 2. The van der Waals surface area contributed by atoms with E-state index < -0.39 is 0 Å². The summed E-state index contributed by atoms with van der Waals surface area (Å²) >= 11 is 6.08. The van der Waals surface area contributed by atoms with E-state index >= 15 is 0 Å². The molecule has 90 valence electrons. The van der Waals surface area contributed by atoms with Crippen LogP contribution in [0.15, 0.2) is 30.5 Å². The first-order chi connectivity index (χ1) is 8.16. The van der Waals surface area contributed by atoms with Gasteiger partial charge in [0, 0.05) is 36.9 Å². The van der Waals surface area contributed by atoms with Crippen LogP contribution < -0.4 is 5.32 Å². The third-order valence-electron chi connectivity index (χ3n) is 2.70. The van der Waals surface area contributed by atoms with Crippen molar-refractivity contribution in [1.29, 1.82) is 0 Å². The molecule has 0 saturated carbocycles. The molecule has 0 atom stereocenters. The van der Waals surface area contributed by atoms with Gasteiger partial charge in [0.1, 0.15) is 0 Å². The number of benzene rings is 1. The second-order valence-electron chi connectivity index (χ2n) is 4.11. The van der Waals surface area contributed by atoms with Gasteiger partial charge in [-0.05, 0) is 18.6 Å². The van der Waals surface area contributed by atoms with Crippen molar-refractivity contribution in [2.24, 2.45) is 7.05 Å². The summed E-state index contributed by atoms with van der Waals surface area (Å²) in [5.41, 5.74) is 3.41. The maximum absolute atomic E-state index is 6.08. The van der Waals surface area contributed by atoms with Crippen LogP contribution >= 0.6 is 11.6 Å². The number of halogens is 1. The van der Waals surface area contributed by atoms with Gasteiger partial charge in [0.05, 0.1) is 5.69 Å². The zero-order valence-corrected chi connectivity index (χ0v) is 10.8. The molecule has 0 bridgehead atoms. The van der Waals surface area contributed by atoms with Gasteiger partial charge in [-0.2, -0.15) is 5.10 Å². The second kappa shape index (κ2) is 5.34. The Bertz CT molecular complexity index is 505. The molecule has 2 aromatic rings. The van der Waals surface area contributed by atoms with E-state index in [0.717, 1.165) is 29.4 Å². The molecule has 1 aromatic heterocycles. The fourth-order valence-electron chi connectivity index (χ4n) is 1.80. The smallest absolute Gasteiger partial charge is 0.0638 e. The molecule has 0 aliphatic rings. The van der Waals surface area contributed by atoms with E-state index in [0.29, 0.717) is 0 Å². The summed E-state index contributed by atoms with van der Waals surface area (Å²) in [6.07, 6.45) is 2.04. The van der Waals surface area contributed by atoms with Crippen molar-refractivity contribution in [2.45, 2.75) is 20.0 Å². The normalized spacial score (nSPS) is 10.8. The highest BCUT2D eigenvalue weighted by Gasteiger charge is 2.03. The quantitative estimate of drug-likeness (QED) is 0.903. The topological polar surface area (TPSA) is 29.9 Å². The fraction of sp³-hybridized carbons (Fsp3) is 0.308. The first kappa shape index (κ1) is 12.1. The van der Waals surface area contributed by atoms with Gasteiger partial charge >= 0.3 is 0 Å². The molecule has 0 radical (unpaired) electrons. The van der Waals surface area contributed by atoms with Gasteiger partial charge in [0.15, 0.2) is 0 Å². The van der Waals surface area contributed by atoms with Gasteiger partial charge < -0.3 is 5.32 Å². The number of aromatic nitrogens is 2. The van der Waals surface area contributed by atoms with E-state index in [1.54, 1.807) is 0 Å². The molecule has 17 heavy (non-hydrogen) atoms. The molecule has 0 spiro atoms. The van der Waals surface area contributed by atoms with Gasteiger partial charge in [-0.3, -0.25) is 4.68 Å². The molecular weight excluding hydrogens is 234 g/mol. The predicted molar refractivity (Wildman–Crippen MR) is 69.9 cm³/mol. The van der Waals surface area contributed by atoms with Crippen LogP contribution in [0.2, 0.25) is 5.02 Å². The van der Waals surface area contributed by atoms with Crippen LogP contribution in [0, 0.1) is 6.92 Å². The molecule has 0 aliphatic heterocycles. The fourth-order valence-corrected chi connectivity index (χ4v) is 2.00. The zero-order valence-electron chi connectivity index (χ0n) is 10.1. The van der Waals surface area contributed by atoms with E-state index in [-0.39, 0.29) is 0 Å². The number of nitrogens with zero attached hydrogens (tertiary/aromatic N) is 2. The highest BCUT2D eigenvalue weighted by Crippen LogP contribution is 2.14. The van der Waals surface area contributed by atoms with Gasteiger partial charge in [-0.1, -0.05) is 29.8 Å². The second-order valence-corrected chi connectivity index (χ2v) is 4.52. The third-order valence-corrected chi connectivity index (χ3v) is 3.07. The Balaban J connectivity index is 1.92. The average molecular weight is 250 g/mol. The summed E-state index contributed by atoms with van der Waals surface area (Å²) < 4.78 is 1.84. The molecule has 0 fully saturated rings. The molecule has 0 aliphatic carbocycles. The summed E-state index contributed by atoms with van der Waals surface area (Å²) in [4.78, 5) is 0. The molecule has 0 saturated heterocycles. The summed E-state index contributed by atoms with van der Waals surface area (Å²) in [5.74, 6) is 0. The summed E-state index contributed by atoms with van der Waals surface area (Å²) in [6.45, 7) is 3.60. The van der Waals surface area contributed by atoms with Crippen molar-refractivity contribution in [2.75, 3.05) is 0 Å². The number of aryl methyl sites for hydroxylation is 2. The molecule has 1 heterocycles. The Hall–Kier alpha value is -1.32. The molecular formula is C13H16ClN3. The lowest BCUT2D eigenvalue weighted by molar-refractivity contribution is 0.690. The van der Waals surface area contributed by atoms with Crippen molar-refractivity contribution >= 4 is 11.6 Å². The van der Waals surface area contributed by atoms with E-state index in [2.05, 4.69) is 10.4 Å². The first-order valence-electron chi connectivity index (χ1n) is 5.60. The lowest BCUT2D eigenvalue weighted by atomic mass is 10.2. The van der Waals surface area contributed by atoms with E-state index in [1.807, 2.05) is 49.1 Å². The Labute approximate surface area is 106 Å². The molecule has 3 nitrogen and oxygen atoms in total. The Kier molecular flexibility index (Phi) is 3.82. The van der Waals surface area contributed by atoms with Crippen molar-refractivity contribution in [3.63, 3.8) is 0 Å². The summed E-state index contributed by atoms with van der Waals surface area (Å²) in [6, 6.07) is 7.88. The first-order valence-corrected chi connectivity index (χ1v) is 5.98. The predicted octanol–water partition coefficient (Wildman–Crippen LogP) is 2.67. The Morgan fingerprint density at radius 2 is 1.94 bits per heavy atom. The standard InChI is InChI=1S/C13H16ClN3/c1-10-12(9-17(2)16-10)8-15-7-11-5-3-4-6-13(11)14/h3-6,9,15H,7-8H2,1-2H3. The van der Waals surface area contributed by atoms with Crippen molar-refractivity contribution in [1.82, 2.24) is 15.1 Å². The van der Waals surface area contributed by atoms with Crippen LogP contribution in [0.25, 0.3) is 0 Å². The highest BCUT2D eigenvalue weighted by atomic mass is 35.5. The van der Waals surface area contributed by atoms with Crippen LogP contribution in [0.4, 0.5) is 0 Å².